The number of benzene rings is 1. The molecule has 2 nitrogen and oxygen atoms in total. The molecule has 1 unspecified atom stereocenters. The van der Waals surface area contributed by atoms with Crippen molar-refractivity contribution in [2.75, 3.05) is 13.1 Å². The van der Waals surface area contributed by atoms with Gasteiger partial charge in [0.1, 0.15) is 5.82 Å². The zero-order chi connectivity index (χ0) is 11.8. The standard InChI is InChI=1S/C13H21FN2/c1-2-13(16-10-6-5-9-15)11-7-3-4-8-12(11)14/h3-4,7-8,13,16H,2,5-6,9-10,15H2,1H3. The second-order valence-electron chi connectivity index (χ2n) is 3.93. The van der Waals surface area contributed by atoms with E-state index in [1.807, 2.05) is 12.1 Å². The first-order valence-corrected chi connectivity index (χ1v) is 5.97. The fourth-order valence-electron chi connectivity index (χ4n) is 1.78. The second-order valence-corrected chi connectivity index (χ2v) is 3.93. The maximum absolute atomic E-state index is 13.5. The van der Waals surface area contributed by atoms with E-state index in [0.717, 1.165) is 37.9 Å². The lowest BCUT2D eigenvalue weighted by Crippen LogP contribution is -2.23. The predicted octanol–water partition coefficient (Wildman–Crippen LogP) is 2.61. The summed E-state index contributed by atoms with van der Waals surface area (Å²) < 4.78 is 13.5. The van der Waals surface area contributed by atoms with Gasteiger partial charge in [-0.1, -0.05) is 25.1 Å². The average Bonchev–Trinajstić information content (AvgIpc) is 2.31. The Hall–Kier alpha value is -0.930. The van der Waals surface area contributed by atoms with Crippen LogP contribution in [0.4, 0.5) is 4.39 Å². The average molecular weight is 224 g/mol. The van der Waals surface area contributed by atoms with Crippen LogP contribution in [0.15, 0.2) is 24.3 Å². The molecule has 0 bridgehead atoms. The molecule has 0 radical (unpaired) electrons. The van der Waals surface area contributed by atoms with Crippen LogP contribution in [-0.4, -0.2) is 13.1 Å². The third kappa shape index (κ3) is 3.91. The molecule has 1 rings (SSSR count). The van der Waals surface area contributed by atoms with E-state index in [0.29, 0.717) is 0 Å². The van der Waals surface area contributed by atoms with Gasteiger partial charge in [0.2, 0.25) is 0 Å². The van der Waals surface area contributed by atoms with Gasteiger partial charge in [0.05, 0.1) is 0 Å². The molecule has 0 aliphatic carbocycles. The zero-order valence-corrected chi connectivity index (χ0v) is 9.88. The summed E-state index contributed by atoms with van der Waals surface area (Å²) in [6.45, 7) is 3.68. The number of nitrogens with two attached hydrogens (primary N) is 1. The van der Waals surface area contributed by atoms with E-state index >= 15 is 0 Å². The zero-order valence-electron chi connectivity index (χ0n) is 9.88. The molecule has 3 N–H and O–H groups in total. The van der Waals surface area contributed by atoms with Crippen molar-refractivity contribution in [1.82, 2.24) is 5.32 Å². The first kappa shape index (κ1) is 13.1. The van der Waals surface area contributed by atoms with Gasteiger partial charge in [0.15, 0.2) is 0 Å². The topological polar surface area (TPSA) is 38.0 Å². The lowest BCUT2D eigenvalue weighted by atomic mass is 10.0. The third-order valence-electron chi connectivity index (χ3n) is 2.71. The number of nitrogens with one attached hydrogen (secondary N) is 1. The molecule has 90 valence electrons. The highest BCUT2D eigenvalue weighted by Crippen LogP contribution is 2.19. The van der Waals surface area contributed by atoms with Crippen molar-refractivity contribution in [2.24, 2.45) is 5.73 Å². The summed E-state index contributed by atoms with van der Waals surface area (Å²) >= 11 is 0. The summed E-state index contributed by atoms with van der Waals surface area (Å²) in [7, 11) is 0. The van der Waals surface area contributed by atoms with Gasteiger partial charge in [-0.3, -0.25) is 0 Å². The molecule has 16 heavy (non-hydrogen) atoms. The number of hydrogen-bond acceptors (Lipinski definition) is 2. The maximum atomic E-state index is 13.5. The lowest BCUT2D eigenvalue weighted by molar-refractivity contribution is 0.479. The molecule has 0 saturated heterocycles. The summed E-state index contributed by atoms with van der Waals surface area (Å²) in [6.07, 6.45) is 2.95. The fraction of sp³-hybridized carbons (Fsp3) is 0.538. The fourth-order valence-corrected chi connectivity index (χ4v) is 1.78. The molecule has 1 atom stereocenters. The normalized spacial score (nSPS) is 12.7. The number of unbranched alkanes of at least 4 members (excludes halogenated alkanes) is 1. The molecule has 0 amide bonds. The molecule has 0 aliphatic rings. The van der Waals surface area contributed by atoms with Crippen LogP contribution in [0.3, 0.4) is 0 Å². The van der Waals surface area contributed by atoms with Crippen LogP contribution in [0.2, 0.25) is 0 Å². The minimum absolute atomic E-state index is 0.110. The van der Waals surface area contributed by atoms with Crippen molar-refractivity contribution in [2.45, 2.75) is 32.2 Å². The Morgan fingerprint density at radius 3 is 2.69 bits per heavy atom. The van der Waals surface area contributed by atoms with E-state index in [1.165, 1.54) is 6.07 Å². The molecule has 1 aromatic rings. The summed E-state index contributed by atoms with van der Waals surface area (Å²) in [5, 5.41) is 3.37. The van der Waals surface area contributed by atoms with Crippen molar-refractivity contribution in [1.29, 1.82) is 0 Å². The molecule has 0 aromatic heterocycles. The summed E-state index contributed by atoms with van der Waals surface area (Å²) in [4.78, 5) is 0. The highest BCUT2D eigenvalue weighted by Gasteiger charge is 2.11. The van der Waals surface area contributed by atoms with Crippen molar-refractivity contribution in [3.63, 3.8) is 0 Å². The maximum Gasteiger partial charge on any atom is 0.127 e. The molecule has 0 fully saturated rings. The SMILES string of the molecule is CCC(NCCCCN)c1ccccc1F. The monoisotopic (exact) mass is 224 g/mol. The third-order valence-corrected chi connectivity index (χ3v) is 2.71. The quantitative estimate of drug-likeness (QED) is 0.699. The van der Waals surface area contributed by atoms with Crippen LogP contribution in [-0.2, 0) is 0 Å². The predicted molar refractivity (Wildman–Crippen MR) is 65.7 cm³/mol. The molecule has 0 heterocycles. The van der Waals surface area contributed by atoms with Crippen molar-refractivity contribution >= 4 is 0 Å². The van der Waals surface area contributed by atoms with Gasteiger partial charge in [0, 0.05) is 11.6 Å². The van der Waals surface area contributed by atoms with E-state index in [-0.39, 0.29) is 11.9 Å². The lowest BCUT2D eigenvalue weighted by Gasteiger charge is -2.17. The Balaban J connectivity index is 2.51. The molecule has 0 aliphatic heterocycles. The van der Waals surface area contributed by atoms with Gasteiger partial charge >= 0.3 is 0 Å². The highest BCUT2D eigenvalue weighted by atomic mass is 19.1. The molecule has 0 spiro atoms. The van der Waals surface area contributed by atoms with E-state index in [4.69, 9.17) is 5.73 Å². The molecule has 0 saturated carbocycles. The Morgan fingerprint density at radius 1 is 1.31 bits per heavy atom. The van der Waals surface area contributed by atoms with Crippen LogP contribution < -0.4 is 11.1 Å². The van der Waals surface area contributed by atoms with Crippen molar-refractivity contribution < 1.29 is 4.39 Å². The van der Waals surface area contributed by atoms with Gasteiger partial charge in [-0.15, -0.1) is 0 Å². The van der Waals surface area contributed by atoms with E-state index in [1.54, 1.807) is 6.07 Å². The van der Waals surface area contributed by atoms with E-state index < -0.39 is 0 Å². The minimum Gasteiger partial charge on any atom is -0.330 e. The Bertz CT molecular complexity index is 302. The second kappa shape index (κ2) is 7.36. The van der Waals surface area contributed by atoms with Crippen molar-refractivity contribution in [3.8, 4) is 0 Å². The van der Waals surface area contributed by atoms with Gasteiger partial charge in [0.25, 0.3) is 0 Å². The van der Waals surface area contributed by atoms with Crippen LogP contribution in [0.5, 0.6) is 0 Å². The van der Waals surface area contributed by atoms with Crippen LogP contribution in [0, 0.1) is 5.82 Å². The van der Waals surface area contributed by atoms with E-state index in [9.17, 15) is 4.39 Å². The largest absolute Gasteiger partial charge is 0.330 e. The summed E-state index contributed by atoms with van der Waals surface area (Å²) in [5.41, 5.74) is 6.19. The first-order chi connectivity index (χ1) is 7.79. The van der Waals surface area contributed by atoms with Crippen molar-refractivity contribution in [3.05, 3.63) is 35.6 Å². The Morgan fingerprint density at radius 2 is 2.06 bits per heavy atom. The van der Waals surface area contributed by atoms with E-state index in [2.05, 4.69) is 12.2 Å². The molecular formula is C13H21FN2. The van der Waals surface area contributed by atoms with Gasteiger partial charge in [-0.2, -0.15) is 0 Å². The smallest absolute Gasteiger partial charge is 0.127 e. The molecule has 1 aromatic carbocycles. The van der Waals surface area contributed by atoms with Crippen LogP contribution in [0.25, 0.3) is 0 Å². The Kier molecular flexibility index (Phi) is 6.04. The number of hydrogen-bond donors (Lipinski definition) is 2. The van der Waals surface area contributed by atoms with Gasteiger partial charge in [-0.25, -0.2) is 4.39 Å². The minimum atomic E-state index is -0.124. The van der Waals surface area contributed by atoms with Crippen LogP contribution in [0.1, 0.15) is 37.8 Å². The van der Waals surface area contributed by atoms with Crippen LogP contribution >= 0.6 is 0 Å². The highest BCUT2D eigenvalue weighted by molar-refractivity contribution is 5.20. The first-order valence-electron chi connectivity index (χ1n) is 5.97. The van der Waals surface area contributed by atoms with Gasteiger partial charge in [-0.05, 0) is 38.4 Å². The Labute approximate surface area is 97.0 Å². The van der Waals surface area contributed by atoms with Gasteiger partial charge < -0.3 is 11.1 Å². The number of rotatable bonds is 7. The summed E-state index contributed by atoms with van der Waals surface area (Å²) in [5.74, 6) is -0.124. The molecule has 3 heteroatoms. The molecular weight excluding hydrogens is 203 g/mol. The summed E-state index contributed by atoms with van der Waals surface area (Å²) in [6, 6.07) is 7.07. The number of halogens is 1.